The van der Waals surface area contributed by atoms with Gasteiger partial charge in [-0.2, -0.15) is 0 Å². The molecule has 0 aliphatic heterocycles. The van der Waals surface area contributed by atoms with Crippen LogP contribution >= 0.6 is 0 Å². The van der Waals surface area contributed by atoms with Gasteiger partial charge in [-0.25, -0.2) is 0 Å². The van der Waals surface area contributed by atoms with Gasteiger partial charge in [0, 0.05) is 0 Å². The lowest BCUT2D eigenvalue weighted by molar-refractivity contribution is 1.20. The quantitative estimate of drug-likeness (QED) is 0.637. The van der Waals surface area contributed by atoms with Crippen LogP contribution in [0.15, 0.2) is 43.0 Å². The van der Waals surface area contributed by atoms with E-state index >= 15 is 0 Å². The highest BCUT2D eigenvalue weighted by atomic mass is 14.2. The fraction of sp³-hybridized carbons (Fsp3) is 0.238. The second-order valence-corrected chi connectivity index (χ2v) is 6.27. The third-order valence-electron chi connectivity index (χ3n) is 4.63. The summed E-state index contributed by atoms with van der Waals surface area (Å²) in [5.41, 5.74) is 12.0. The van der Waals surface area contributed by atoms with Gasteiger partial charge in [-0.05, 0) is 78.6 Å². The van der Waals surface area contributed by atoms with Crippen molar-refractivity contribution in [3.8, 4) is 0 Å². The van der Waals surface area contributed by atoms with Gasteiger partial charge in [0.15, 0.2) is 0 Å². The summed E-state index contributed by atoms with van der Waals surface area (Å²) >= 11 is 0. The first kappa shape index (κ1) is 13.9. The minimum Gasteiger partial charge on any atom is -0.0911 e. The number of allylic oxidation sites excluding steroid dienone is 3. The Bertz CT molecular complexity index is 750. The number of hydrogen-bond acceptors (Lipinski definition) is 0. The third-order valence-corrected chi connectivity index (χ3v) is 4.63. The van der Waals surface area contributed by atoms with Crippen molar-refractivity contribution in [3.05, 3.63) is 81.9 Å². The molecule has 0 heteroatoms. The fourth-order valence-electron chi connectivity index (χ4n) is 3.13. The summed E-state index contributed by atoms with van der Waals surface area (Å²) in [4.78, 5) is 0. The molecule has 0 saturated carbocycles. The number of benzene rings is 2. The number of aryl methyl sites for hydroxylation is 3. The summed E-state index contributed by atoms with van der Waals surface area (Å²) < 4.78 is 0. The first-order valence-electron chi connectivity index (χ1n) is 7.53. The zero-order valence-corrected chi connectivity index (χ0v) is 13.4. The molecule has 0 unspecified atom stereocenters. The van der Waals surface area contributed by atoms with E-state index in [2.05, 4.69) is 70.7 Å². The minimum absolute atomic E-state index is 0.998. The van der Waals surface area contributed by atoms with Crippen molar-refractivity contribution in [2.75, 3.05) is 0 Å². The van der Waals surface area contributed by atoms with Crippen molar-refractivity contribution in [3.63, 3.8) is 0 Å². The van der Waals surface area contributed by atoms with Crippen LogP contribution in [0.25, 0.3) is 11.1 Å². The molecule has 1 aliphatic rings. The molecule has 0 N–H and O–H groups in total. The van der Waals surface area contributed by atoms with Gasteiger partial charge >= 0.3 is 0 Å². The normalized spacial score (nSPS) is 13.9. The lowest BCUT2D eigenvalue weighted by Gasteiger charge is -2.21. The molecular weight excluding hydrogens is 252 g/mol. The summed E-state index contributed by atoms with van der Waals surface area (Å²) in [7, 11) is 0. The highest BCUT2D eigenvalue weighted by molar-refractivity contribution is 5.89. The Kier molecular flexibility index (Phi) is 3.33. The average Bonchev–Trinajstić information content (AvgIpc) is 2.43. The van der Waals surface area contributed by atoms with Crippen LogP contribution in [0.3, 0.4) is 0 Å². The maximum absolute atomic E-state index is 4.25. The van der Waals surface area contributed by atoms with E-state index in [1.165, 1.54) is 44.5 Å². The van der Waals surface area contributed by atoms with Crippen LogP contribution in [0.5, 0.6) is 0 Å². The molecule has 0 amide bonds. The van der Waals surface area contributed by atoms with Crippen molar-refractivity contribution in [1.82, 2.24) is 0 Å². The molecule has 2 aromatic rings. The van der Waals surface area contributed by atoms with E-state index in [0.29, 0.717) is 0 Å². The van der Waals surface area contributed by atoms with E-state index in [-0.39, 0.29) is 0 Å². The van der Waals surface area contributed by atoms with Crippen molar-refractivity contribution in [2.45, 2.75) is 34.1 Å². The summed E-state index contributed by atoms with van der Waals surface area (Å²) in [6, 6.07) is 11.3. The van der Waals surface area contributed by atoms with E-state index in [1.54, 1.807) is 0 Å². The van der Waals surface area contributed by atoms with Crippen molar-refractivity contribution in [1.29, 1.82) is 0 Å². The Morgan fingerprint density at radius 2 is 1.57 bits per heavy atom. The SMILES string of the molecule is C=C1C=C(c2cc(C)c(C)c(C)c2)Cc2cc(C)ccc21. The molecule has 2 aromatic carbocycles. The maximum Gasteiger partial charge on any atom is -0.00134 e. The molecule has 0 radical (unpaired) electrons. The van der Waals surface area contributed by atoms with Crippen molar-refractivity contribution in [2.24, 2.45) is 0 Å². The van der Waals surface area contributed by atoms with Crippen LogP contribution in [0.2, 0.25) is 0 Å². The summed E-state index contributed by atoms with van der Waals surface area (Å²) in [5.74, 6) is 0. The van der Waals surface area contributed by atoms with E-state index in [4.69, 9.17) is 0 Å². The molecule has 21 heavy (non-hydrogen) atoms. The molecule has 0 saturated heterocycles. The van der Waals surface area contributed by atoms with E-state index in [0.717, 1.165) is 12.0 Å². The molecule has 0 heterocycles. The summed E-state index contributed by atoms with van der Waals surface area (Å²) in [6.07, 6.45) is 3.25. The second-order valence-electron chi connectivity index (χ2n) is 6.27. The highest BCUT2D eigenvalue weighted by Crippen LogP contribution is 2.34. The molecule has 106 valence electrons. The third kappa shape index (κ3) is 2.47. The van der Waals surface area contributed by atoms with Crippen molar-refractivity contribution >= 4 is 11.1 Å². The number of rotatable bonds is 1. The Morgan fingerprint density at radius 3 is 2.24 bits per heavy atom. The Morgan fingerprint density at radius 1 is 0.905 bits per heavy atom. The van der Waals surface area contributed by atoms with Gasteiger partial charge in [0.2, 0.25) is 0 Å². The average molecular weight is 274 g/mol. The van der Waals surface area contributed by atoms with Gasteiger partial charge in [-0.15, -0.1) is 0 Å². The molecule has 0 nitrogen and oxygen atoms in total. The molecule has 0 fully saturated rings. The highest BCUT2D eigenvalue weighted by Gasteiger charge is 2.16. The predicted octanol–water partition coefficient (Wildman–Crippen LogP) is 5.57. The van der Waals surface area contributed by atoms with E-state index in [9.17, 15) is 0 Å². The van der Waals surface area contributed by atoms with Gasteiger partial charge < -0.3 is 0 Å². The molecule has 0 bridgehead atoms. The smallest absolute Gasteiger partial charge is 0.00134 e. The Labute approximate surface area is 127 Å². The van der Waals surface area contributed by atoms with E-state index < -0.39 is 0 Å². The lowest BCUT2D eigenvalue weighted by Crippen LogP contribution is -2.03. The molecule has 0 atom stereocenters. The fourth-order valence-corrected chi connectivity index (χ4v) is 3.13. The summed E-state index contributed by atoms with van der Waals surface area (Å²) in [5, 5.41) is 0. The Hall–Kier alpha value is -2.08. The zero-order chi connectivity index (χ0) is 15.1. The second kappa shape index (κ2) is 5.04. The van der Waals surface area contributed by atoms with Crippen LogP contribution < -0.4 is 0 Å². The summed E-state index contributed by atoms with van der Waals surface area (Å²) in [6.45, 7) is 13.0. The molecular formula is C21H22. The standard InChI is InChI=1S/C21H22/c1-13-6-7-21-16(4)11-19(12-20(21)8-13)18-9-14(2)17(5)15(3)10-18/h6-11H,4,12H2,1-3,5H3. The van der Waals surface area contributed by atoms with Gasteiger partial charge in [0.05, 0.1) is 0 Å². The maximum atomic E-state index is 4.25. The Balaban J connectivity index is 2.08. The zero-order valence-electron chi connectivity index (χ0n) is 13.4. The van der Waals surface area contributed by atoms with Gasteiger partial charge in [-0.3, -0.25) is 0 Å². The van der Waals surface area contributed by atoms with Gasteiger partial charge in [0.1, 0.15) is 0 Å². The molecule has 1 aliphatic carbocycles. The van der Waals surface area contributed by atoms with Crippen LogP contribution in [0.1, 0.15) is 38.9 Å². The molecule has 0 spiro atoms. The van der Waals surface area contributed by atoms with Crippen LogP contribution in [0, 0.1) is 27.7 Å². The molecule has 3 rings (SSSR count). The largest absolute Gasteiger partial charge is 0.0911 e. The lowest BCUT2D eigenvalue weighted by atomic mass is 9.84. The van der Waals surface area contributed by atoms with Crippen LogP contribution in [0.4, 0.5) is 0 Å². The van der Waals surface area contributed by atoms with Crippen LogP contribution in [-0.4, -0.2) is 0 Å². The molecule has 0 aromatic heterocycles. The van der Waals surface area contributed by atoms with Crippen LogP contribution in [-0.2, 0) is 6.42 Å². The first-order valence-corrected chi connectivity index (χ1v) is 7.53. The minimum atomic E-state index is 0.998. The van der Waals surface area contributed by atoms with E-state index in [1.807, 2.05) is 0 Å². The number of hydrogen-bond donors (Lipinski definition) is 0. The first-order chi connectivity index (χ1) is 9.95. The van der Waals surface area contributed by atoms with Crippen molar-refractivity contribution < 1.29 is 0 Å². The number of fused-ring (bicyclic) bond motifs is 1. The monoisotopic (exact) mass is 274 g/mol. The predicted molar refractivity (Wildman–Crippen MR) is 92.5 cm³/mol. The van der Waals surface area contributed by atoms with Gasteiger partial charge in [0.25, 0.3) is 0 Å². The topological polar surface area (TPSA) is 0 Å². The van der Waals surface area contributed by atoms with Gasteiger partial charge in [-0.1, -0.05) is 48.6 Å².